The Hall–Kier alpha value is -3.13. The summed E-state index contributed by atoms with van der Waals surface area (Å²) in [5, 5.41) is 14.0. The van der Waals surface area contributed by atoms with E-state index < -0.39 is 5.97 Å². The fourth-order valence-electron chi connectivity index (χ4n) is 4.04. The van der Waals surface area contributed by atoms with Gasteiger partial charge in [0.25, 0.3) is 0 Å². The molecule has 0 unspecified atom stereocenters. The number of hydrogen-bond donors (Lipinski definition) is 1. The summed E-state index contributed by atoms with van der Waals surface area (Å²) in [4.78, 5) is 13.5. The van der Waals surface area contributed by atoms with Gasteiger partial charge in [-0.3, -0.25) is 0 Å². The highest BCUT2D eigenvalue weighted by Gasteiger charge is 2.25. The number of nitrogens with zero attached hydrogens (tertiary/aromatic N) is 2. The van der Waals surface area contributed by atoms with E-state index >= 15 is 0 Å². The first-order valence-corrected chi connectivity index (χ1v) is 10.4. The van der Waals surface area contributed by atoms with E-state index in [-0.39, 0.29) is 11.4 Å². The van der Waals surface area contributed by atoms with Gasteiger partial charge in [-0.25, -0.2) is 9.18 Å². The van der Waals surface area contributed by atoms with Gasteiger partial charge >= 0.3 is 5.97 Å². The Bertz CT molecular complexity index is 1060. The van der Waals surface area contributed by atoms with E-state index in [4.69, 9.17) is 19.1 Å². The number of fused-ring (bicyclic) bond motifs is 1. The van der Waals surface area contributed by atoms with Crippen molar-refractivity contribution in [3.8, 4) is 11.5 Å². The third-order valence-corrected chi connectivity index (χ3v) is 5.71. The third-order valence-electron chi connectivity index (χ3n) is 5.71. The van der Waals surface area contributed by atoms with Crippen LogP contribution in [0.4, 0.5) is 4.39 Å². The summed E-state index contributed by atoms with van der Waals surface area (Å²) in [6, 6.07) is 9.19. The Morgan fingerprint density at radius 3 is 2.77 bits per heavy atom. The molecule has 2 heterocycles. The molecule has 0 saturated carbocycles. The zero-order valence-electron chi connectivity index (χ0n) is 17.3. The van der Waals surface area contributed by atoms with Gasteiger partial charge in [-0.05, 0) is 62.7 Å². The molecule has 2 aromatic carbocycles. The molecule has 0 aliphatic carbocycles. The van der Waals surface area contributed by atoms with E-state index in [0.29, 0.717) is 29.5 Å². The van der Waals surface area contributed by atoms with Gasteiger partial charge in [0.05, 0.1) is 19.3 Å². The molecule has 7 nitrogen and oxygen atoms in total. The van der Waals surface area contributed by atoms with Crippen LogP contribution in [0.15, 0.2) is 40.9 Å². The van der Waals surface area contributed by atoms with Gasteiger partial charge in [0, 0.05) is 23.9 Å². The van der Waals surface area contributed by atoms with Crippen molar-refractivity contribution in [1.82, 2.24) is 10.1 Å². The maximum Gasteiger partial charge on any atom is 0.335 e. The molecular weight excluding hydrogens is 403 g/mol. The second-order valence-electron chi connectivity index (χ2n) is 7.70. The van der Waals surface area contributed by atoms with Crippen molar-refractivity contribution in [2.24, 2.45) is 0 Å². The van der Waals surface area contributed by atoms with Gasteiger partial charge in [-0.15, -0.1) is 0 Å². The lowest BCUT2D eigenvalue weighted by Gasteiger charge is -2.30. The van der Waals surface area contributed by atoms with Crippen molar-refractivity contribution in [2.75, 3.05) is 33.4 Å². The largest absolute Gasteiger partial charge is 0.493 e. The molecule has 0 atom stereocenters. The summed E-state index contributed by atoms with van der Waals surface area (Å²) in [7, 11) is 1.49. The van der Waals surface area contributed by atoms with Crippen LogP contribution in [0.25, 0.3) is 10.9 Å². The summed E-state index contributed by atoms with van der Waals surface area (Å²) in [5.74, 6) is 0.799. The molecule has 1 saturated heterocycles. The Morgan fingerprint density at radius 1 is 1.23 bits per heavy atom. The first-order valence-electron chi connectivity index (χ1n) is 10.4. The number of hydrogen-bond acceptors (Lipinski definition) is 6. The van der Waals surface area contributed by atoms with E-state index in [1.807, 2.05) is 0 Å². The average molecular weight is 428 g/mol. The highest BCUT2D eigenvalue weighted by molar-refractivity contribution is 5.88. The summed E-state index contributed by atoms with van der Waals surface area (Å²) >= 11 is 0. The van der Waals surface area contributed by atoms with Gasteiger partial charge in [0.2, 0.25) is 0 Å². The Labute approximate surface area is 179 Å². The molecule has 8 heteroatoms. The highest BCUT2D eigenvalue weighted by atomic mass is 19.1. The third kappa shape index (κ3) is 4.80. The molecule has 1 fully saturated rings. The Kier molecular flexibility index (Phi) is 6.36. The Balaban J connectivity index is 1.24. The smallest absolute Gasteiger partial charge is 0.335 e. The minimum atomic E-state index is -1.00. The average Bonchev–Trinajstić information content (AvgIpc) is 3.20. The van der Waals surface area contributed by atoms with Crippen LogP contribution >= 0.6 is 0 Å². The lowest BCUT2D eigenvalue weighted by molar-refractivity contribution is 0.0696. The number of halogens is 1. The molecule has 0 bridgehead atoms. The summed E-state index contributed by atoms with van der Waals surface area (Å²) in [6.45, 7) is 3.32. The molecule has 1 aliphatic rings. The molecule has 31 heavy (non-hydrogen) atoms. The molecule has 1 N–H and O–H groups in total. The highest BCUT2D eigenvalue weighted by Crippen LogP contribution is 2.33. The number of methoxy groups -OCH3 is 1. The van der Waals surface area contributed by atoms with E-state index in [9.17, 15) is 9.18 Å². The maximum atomic E-state index is 13.4. The quantitative estimate of drug-likeness (QED) is 0.535. The van der Waals surface area contributed by atoms with E-state index in [2.05, 4.69) is 10.1 Å². The predicted octanol–water partition coefficient (Wildman–Crippen LogP) is 4.32. The molecule has 0 radical (unpaired) electrons. The molecule has 1 aromatic heterocycles. The molecule has 1 aliphatic heterocycles. The topological polar surface area (TPSA) is 85.0 Å². The van der Waals surface area contributed by atoms with Crippen LogP contribution in [0.1, 0.15) is 41.3 Å². The number of piperidine rings is 1. The number of carboxylic acid groups (broad SMARTS) is 1. The second-order valence-corrected chi connectivity index (χ2v) is 7.70. The standard InChI is InChI=1S/C23H25FN2O5/c1-29-21-13-16(23(27)28)3-6-20(21)30-12-2-9-26-10-7-15(8-11-26)22-18-5-4-17(24)14-19(18)25-31-22/h3-6,13-15H,2,7-12H2,1H3,(H,27,28). The lowest BCUT2D eigenvalue weighted by Crippen LogP contribution is -2.34. The molecular formula is C23H25FN2O5. The second kappa shape index (κ2) is 9.34. The first-order chi connectivity index (χ1) is 15.0. The van der Waals surface area contributed by atoms with Crippen LogP contribution in [-0.4, -0.2) is 54.5 Å². The monoisotopic (exact) mass is 428 g/mol. The SMILES string of the molecule is COc1cc(C(=O)O)ccc1OCCCN1CCC(c2onc3cc(F)ccc23)CC1. The number of aromatic nitrogens is 1. The summed E-state index contributed by atoms with van der Waals surface area (Å²) in [6.07, 6.45) is 2.78. The molecule has 0 spiro atoms. The van der Waals surface area contributed by atoms with Crippen LogP contribution in [-0.2, 0) is 0 Å². The first kappa shape index (κ1) is 21.1. The van der Waals surface area contributed by atoms with E-state index in [1.165, 1.54) is 31.4 Å². The lowest BCUT2D eigenvalue weighted by atomic mass is 9.92. The zero-order valence-corrected chi connectivity index (χ0v) is 17.3. The van der Waals surface area contributed by atoms with Crippen molar-refractivity contribution in [1.29, 1.82) is 0 Å². The van der Waals surface area contributed by atoms with Crippen LogP contribution in [0.2, 0.25) is 0 Å². The molecule has 3 aromatic rings. The number of carbonyl (C=O) groups is 1. The van der Waals surface area contributed by atoms with Crippen molar-refractivity contribution in [2.45, 2.75) is 25.2 Å². The van der Waals surface area contributed by atoms with E-state index in [1.54, 1.807) is 12.1 Å². The van der Waals surface area contributed by atoms with Crippen LogP contribution in [0.5, 0.6) is 11.5 Å². The van der Waals surface area contributed by atoms with Crippen LogP contribution in [0.3, 0.4) is 0 Å². The Morgan fingerprint density at radius 2 is 2.03 bits per heavy atom. The number of benzene rings is 2. The number of carboxylic acids is 1. The van der Waals surface area contributed by atoms with Gasteiger partial charge in [-0.1, -0.05) is 5.16 Å². The fraction of sp³-hybridized carbons (Fsp3) is 0.391. The zero-order chi connectivity index (χ0) is 21.8. The van der Waals surface area contributed by atoms with Crippen LogP contribution in [0, 0.1) is 5.82 Å². The summed E-state index contributed by atoms with van der Waals surface area (Å²) in [5.41, 5.74) is 0.734. The number of ether oxygens (including phenoxy) is 2. The molecule has 164 valence electrons. The van der Waals surface area contributed by atoms with Gasteiger partial charge in [-0.2, -0.15) is 0 Å². The molecule has 4 rings (SSSR count). The minimum Gasteiger partial charge on any atom is -0.493 e. The maximum absolute atomic E-state index is 13.4. The van der Waals surface area contributed by atoms with Gasteiger partial charge in [0.15, 0.2) is 11.5 Å². The number of likely N-dealkylation sites (tertiary alicyclic amines) is 1. The van der Waals surface area contributed by atoms with Crippen LogP contribution < -0.4 is 9.47 Å². The van der Waals surface area contributed by atoms with Crippen molar-refractivity contribution < 1.29 is 28.3 Å². The number of rotatable bonds is 8. The number of aromatic carboxylic acids is 1. The normalized spacial score (nSPS) is 15.3. The van der Waals surface area contributed by atoms with Crippen molar-refractivity contribution >= 4 is 16.9 Å². The van der Waals surface area contributed by atoms with E-state index in [0.717, 1.165) is 50.0 Å². The van der Waals surface area contributed by atoms with Crippen molar-refractivity contribution in [3.63, 3.8) is 0 Å². The van der Waals surface area contributed by atoms with Gasteiger partial charge in [0.1, 0.15) is 17.1 Å². The van der Waals surface area contributed by atoms with Gasteiger partial charge < -0.3 is 24.0 Å². The molecule has 0 amide bonds. The fourth-order valence-corrected chi connectivity index (χ4v) is 4.04. The summed E-state index contributed by atoms with van der Waals surface area (Å²) < 4.78 is 29.9. The predicted molar refractivity (Wildman–Crippen MR) is 112 cm³/mol. The minimum absolute atomic E-state index is 0.164. The van der Waals surface area contributed by atoms with Crippen molar-refractivity contribution in [3.05, 3.63) is 53.5 Å².